The van der Waals surface area contributed by atoms with Crippen molar-refractivity contribution in [3.05, 3.63) is 53.1 Å². The van der Waals surface area contributed by atoms with Gasteiger partial charge >= 0.3 is 5.97 Å². The van der Waals surface area contributed by atoms with Crippen LogP contribution in [0.1, 0.15) is 30.1 Å². The van der Waals surface area contributed by atoms with Crippen LogP contribution in [-0.4, -0.2) is 32.2 Å². The molecule has 0 aliphatic carbocycles. The number of hydrogen-bond acceptors (Lipinski definition) is 5. The number of esters is 1. The van der Waals surface area contributed by atoms with E-state index in [1.54, 1.807) is 24.3 Å². The maximum atomic E-state index is 12.2. The van der Waals surface area contributed by atoms with Crippen LogP contribution in [0.3, 0.4) is 0 Å². The van der Waals surface area contributed by atoms with Crippen LogP contribution >= 0.6 is 11.6 Å². The topological polar surface area (TPSA) is 73.9 Å². The van der Waals surface area contributed by atoms with Crippen molar-refractivity contribution in [2.45, 2.75) is 19.8 Å². The summed E-state index contributed by atoms with van der Waals surface area (Å²) in [5.74, 6) is -0.407. The average molecular weight is 392 g/mol. The molecule has 2 aromatic rings. The van der Waals surface area contributed by atoms with E-state index in [9.17, 15) is 9.59 Å². The molecule has 2 aromatic carbocycles. The third-order valence-electron chi connectivity index (χ3n) is 3.60. The number of carbonyl (C=O) groups excluding carboxylic acids is 2. The van der Waals surface area contributed by atoms with E-state index in [-0.39, 0.29) is 10.6 Å². The van der Waals surface area contributed by atoms with E-state index in [1.165, 1.54) is 19.2 Å². The van der Waals surface area contributed by atoms with Crippen LogP contribution < -0.4 is 14.8 Å². The molecule has 0 aliphatic heterocycles. The van der Waals surface area contributed by atoms with Crippen LogP contribution in [0.25, 0.3) is 0 Å². The molecule has 0 atom stereocenters. The lowest BCUT2D eigenvalue weighted by atomic mass is 10.2. The van der Waals surface area contributed by atoms with Crippen molar-refractivity contribution >= 4 is 29.2 Å². The number of nitrogens with one attached hydrogen (secondary N) is 1. The highest BCUT2D eigenvalue weighted by atomic mass is 35.5. The summed E-state index contributed by atoms with van der Waals surface area (Å²) < 4.78 is 15.9. The van der Waals surface area contributed by atoms with Crippen molar-refractivity contribution in [1.29, 1.82) is 0 Å². The number of methoxy groups -OCH3 is 1. The molecule has 0 bridgehead atoms. The minimum absolute atomic E-state index is 0.173. The Morgan fingerprint density at radius 1 is 1.15 bits per heavy atom. The zero-order valence-corrected chi connectivity index (χ0v) is 16.0. The Bertz CT molecular complexity index is 779. The fourth-order valence-corrected chi connectivity index (χ4v) is 2.49. The highest BCUT2D eigenvalue weighted by molar-refractivity contribution is 6.32. The van der Waals surface area contributed by atoms with Gasteiger partial charge in [0, 0.05) is 5.69 Å². The largest absolute Gasteiger partial charge is 0.493 e. The van der Waals surface area contributed by atoms with E-state index in [1.807, 2.05) is 6.07 Å². The number of anilines is 1. The highest BCUT2D eigenvalue weighted by Crippen LogP contribution is 2.36. The van der Waals surface area contributed by atoms with Gasteiger partial charge in [-0.25, -0.2) is 4.79 Å². The van der Waals surface area contributed by atoms with Crippen molar-refractivity contribution in [1.82, 2.24) is 0 Å². The fraction of sp³-hybridized carbons (Fsp3) is 0.300. The van der Waals surface area contributed by atoms with Crippen LogP contribution in [0.15, 0.2) is 42.5 Å². The van der Waals surface area contributed by atoms with Crippen LogP contribution in [0, 0.1) is 0 Å². The summed E-state index contributed by atoms with van der Waals surface area (Å²) >= 11 is 6.21. The molecule has 0 unspecified atom stereocenters. The molecule has 0 saturated heterocycles. The first kappa shape index (κ1) is 20.6. The average Bonchev–Trinajstić information content (AvgIpc) is 2.67. The molecule has 1 N–H and O–H groups in total. The van der Waals surface area contributed by atoms with E-state index in [0.29, 0.717) is 23.8 Å². The predicted octanol–water partition coefficient (Wildman–Crippen LogP) is 4.32. The maximum absolute atomic E-state index is 12.2. The summed E-state index contributed by atoms with van der Waals surface area (Å²) in [5.41, 5.74) is 0.795. The quantitative estimate of drug-likeness (QED) is 0.509. The van der Waals surface area contributed by atoms with Gasteiger partial charge in [-0.15, -0.1) is 0 Å². The Kier molecular flexibility index (Phi) is 7.95. The van der Waals surface area contributed by atoms with Crippen molar-refractivity contribution in [2.24, 2.45) is 0 Å². The molecule has 0 fully saturated rings. The summed E-state index contributed by atoms with van der Waals surface area (Å²) in [7, 11) is 1.46. The summed E-state index contributed by atoms with van der Waals surface area (Å²) in [4.78, 5) is 24.1. The third kappa shape index (κ3) is 6.18. The number of rotatable bonds is 9. The van der Waals surface area contributed by atoms with Crippen LogP contribution in [-0.2, 0) is 9.53 Å². The molecular weight excluding hydrogens is 370 g/mol. The van der Waals surface area contributed by atoms with E-state index < -0.39 is 18.5 Å². The lowest BCUT2D eigenvalue weighted by Gasteiger charge is -2.14. The Morgan fingerprint density at radius 2 is 1.89 bits per heavy atom. The van der Waals surface area contributed by atoms with Crippen LogP contribution in [0.2, 0.25) is 5.02 Å². The molecule has 0 saturated carbocycles. The Balaban J connectivity index is 1.99. The predicted molar refractivity (Wildman–Crippen MR) is 104 cm³/mol. The second-order valence-corrected chi connectivity index (χ2v) is 6.09. The number of para-hydroxylation sites is 1. The van der Waals surface area contributed by atoms with Crippen LogP contribution in [0.4, 0.5) is 5.69 Å². The van der Waals surface area contributed by atoms with Gasteiger partial charge in [-0.2, -0.15) is 0 Å². The zero-order chi connectivity index (χ0) is 19.6. The van der Waals surface area contributed by atoms with Crippen molar-refractivity contribution in [2.75, 3.05) is 25.6 Å². The molecule has 0 aliphatic rings. The summed E-state index contributed by atoms with van der Waals surface area (Å²) in [6.45, 7) is 2.13. The first-order chi connectivity index (χ1) is 13.0. The third-order valence-corrected chi connectivity index (χ3v) is 3.88. The molecule has 7 heteroatoms. The number of benzene rings is 2. The SMILES string of the molecule is CCCCOc1c(Cl)cc(C(=O)OCC(=O)Nc2ccccc2)cc1OC. The van der Waals surface area contributed by atoms with E-state index in [0.717, 1.165) is 12.8 Å². The molecule has 0 heterocycles. The molecular formula is C20H22ClNO5. The Labute approximate surface area is 163 Å². The fourth-order valence-electron chi connectivity index (χ4n) is 2.23. The normalized spacial score (nSPS) is 10.2. The monoisotopic (exact) mass is 391 g/mol. The number of carbonyl (C=O) groups is 2. The highest BCUT2D eigenvalue weighted by Gasteiger charge is 2.17. The summed E-state index contributed by atoms with van der Waals surface area (Å²) in [6, 6.07) is 11.8. The summed E-state index contributed by atoms with van der Waals surface area (Å²) in [5, 5.41) is 2.88. The smallest absolute Gasteiger partial charge is 0.338 e. The maximum Gasteiger partial charge on any atom is 0.338 e. The first-order valence-electron chi connectivity index (χ1n) is 8.57. The standard InChI is InChI=1S/C20H22ClNO5/c1-3-4-10-26-19-16(21)11-14(12-17(19)25-2)20(24)27-13-18(23)22-15-8-6-5-7-9-15/h5-9,11-12H,3-4,10,13H2,1-2H3,(H,22,23). The lowest BCUT2D eigenvalue weighted by molar-refractivity contribution is -0.119. The molecule has 1 amide bonds. The van der Waals surface area contributed by atoms with Gasteiger partial charge in [0.05, 0.1) is 24.3 Å². The van der Waals surface area contributed by atoms with Gasteiger partial charge in [0.25, 0.3) is 5.91 Å². The van der Waals surface area contributed by atoms with Gasteiger partial charge in [0.2, 0.25) is 0 Å². The van der Waals surface area contributed by atoms with E-state index in [2.05, 4.69) is 12.2 Å². The molecule has 6 nitrogen and oxygen atoms in total. The Hall–Kier alpha value is -2.73. The van der Waals surface area contributed by atoms with Crippen molar-refractivity contribution in [3.63, 3.8) is 0 Å². The number of hydrogen-bond donors (Lipinski definition) is 1. The molecule has 2 rings (SSSR count). The van der Waals surface area contributed by atoms with E-state index in [4.69, 9.17) is 25.8 Å². The van der Waals surface area contributed by atoms with Gasteiger partial charge in [-0.05, 0) is 30.7 Å². The number of unbranched alkanes of at least 4 members (excludes halogenated alkanes) is 1. The number of halogens is 1. The van der Waals surface area contributed by atoms with Gasteiger partial charge in [-0.3, -0.25) is 4.79 Å². The second kappa shape index (κ2) is 10.4. The molecule has 0 spiro atoms. The zero-order valence-electron chi connectivity index (χ0n) is 15.3. The van der Waals surface area contributed by atoms with Gasteiger partial charge in [0.15, 0.2) is 18.1 Å². The first-order valence-corrected chi connectivity index (χ1v) is 8.95. The van der Waals surface area contributed by atoms with Crippen molar-refractivity contribution in [3.8, 4) is 11.5 Å². The Morgan fingerprint density at radius 3 is 2.56 bits per heavy atom. The van der Waals surface area contributed by atoms with Crippen molar-refractivity contribution < 1.29 is 23.8 Å². The summed E-state index contributed by atoms with van der Waals surface area (Å²) in [6.07, 6.45) is 1.86. The van der Waals surface area contributed by atoms with Gasteiger partial charge in [0.1, 0.15) is 0 Å². The van der Waals surface area contributed by atoms with Gasteiger partial charge in [-0.1, -0.05) is 43.1 Å². The van der Waals surface area contributed by atoms with Gasteiger partial charge < -0.3 is 19.5 Å². The second-order valence-electron chi connectivity index (χ2n) is 5.68. The molecule has 0 aromatic heterocycles. The molecule has 27 heavy (non-hydrogen) atoms. The molecule has 0 radical (unpaired) electrons. The van der Waals surface area contributed by atoms with Crippen LogP contribution in [0.5, 0.6) is 11.5 Å². The number of ether oxygens (including phenoxy) is 3. The molecule has 144 valence electrons. The minimum Gasteiger partial charge on any atom is -0.493 e. The van der Waals surface area contributed by atoms with E-state index >= 15 is 0 Å². The number of amides is 1. The lowest BCUT2D eigenvalue weighted by Crippen LogP contribution is -2.21. The minimum atomic E-state index is -0.682.